The lowest BCUT2D eigenvalue weighted by molar-refractivity contribution is 0.317. The van der Waals surface area contributed by atoms with E-state index in [4.69, 9.17) is 10.9 Å². The summed E-state index contributed by atoms with van der Waals surface area (Å²) in [5.74, 6) is 0.336. The molecule has 0 aliphatic rings. The van der Waals surface area contributed by atoms with Gasteiger partial charge >= 0.3 is 0 Å². The van der Waals surface area contributed by atoms with Gasteiger partial charge in [-0.25, -0.2) is 0 Å². The second-order valence-electron chi connectivity index (χ2n) is 2.78. The third-order valence-corrected chi connectivity index (χ3v) is 3.49. The summed E-state index contributed by atoms with van der Waals surface area (Å²) in [6.07, 6.45) is 2.02. The van der Waals surface area contributed by atoms with E-state index in [-0.39, 0.29) is 5.25 Å². The van der Waals surface area contributed by atoms with Crippen LogP contribution in [0.1, 0.15) is 33.6 Å². The van der Waals surface area contributed by atoms with Crippen LogP contribution in [0, 0.1) is 0 Å². The van der Waals surface area contributed by atoms with Crippen molar-refractivity contribution in [1.82, 2.24) is 0 Å². The van der Waals surface area contributed by atoms with Gasteiger partial charge in [0, 0.05) is 5.25 Å². The Kier molecular flexibility index (Phi) is 5.98. The van der Waals surface area contributed by atoms with Gasteiger partial charge in [-0.3, -0.25) is 0 Å². The quantitative estimate of drug-likeness (QED) is 0.302. The summed E-state index contributed by atoms with van der Waals surface area (Å²) in [7, 11) is 0. The minimum Gasteiger partial charge on any atom is -0.409 e. The van der Waals surface area contributed by atoms with Gasteiger partial charge < -0.3 is 10.9 Å². The highest BCUT2D eigenvalue weighted by atomic mass is 32.2. The van der Waals surface area contributed by atoms with Crippen molar-refractivity contribution in [2.75, 3.05) is 0 Å². The summed E-state index contributed by atoms with van der Waals surface area (Å²) in [4.78, 5) is 0. The molecule has 72 valence electrons. The number of hydrogen-bond acceptors (Lipinski definition) is 3. The zero-order valence-corrected chi connectivity index (χ0v) is 8.77. The number of oxime groups is 1. The standard InChI is InChI=1S/C8H18N2OS/c1-4-6(3)12-7(5-2)8(9)10-11/h6-7,11H,4-5H2,1-3H3,(H2,9,10). The van der Waals surface area contributed by atoms with Gasteiger partial charge in [-0.05, 0) is 12.8 Å². The van der Waals surface area contributed by atoms with Gasteiger partial charge in [0.15, 0.2) is 5.84 Å². The molecule has 0 bridgehead atoms. The zero-order valence-electron chi connectivity index (χ0n) is 7.95. The molecule has 2 unspecified atom stereocenters. The average Bonchev–Trinajstić information content (AvgIpc) is 2.12. The summed E-state index contributed by atoms with van der Waals surface area (Å²) in [6.45, 7) is 6.33. The zero-order chi connectivity index (χ0) is 9.56. The first-order valence-corrected chi connectivity index (χ1v) is 5.22. The predicted octanol–water partition coefficient (Wildman–Crippen LogP) is 2.04. The SMILES string of the molecule is CCC(C)SC(CC)C(N)=NO. The van der Waals surface area contributed by atoms with Gasteiger partial charge in [0.05, 0.1) is 5.25 Å². The molecular formula is C8H18N2OS. The minimum absolute atomic E-state index is 0.157. The highest BCUT2D eigenvalue weighted by Crippen LogP contribution is 2.22. The molecule has 0 aromatic carbocycles. The molecule has 0 amide bonds. The molecule has 4 heteroatoms. The molecule has 0 fully saturated rings. The van der Waals surface area contributed by atoms with Crippen molar-refractivity contribution in [3.63, 3.8) is 0 Å². The van der Waals surface area contributed by atoms with Crippen LogP contribution in [-0.4, -0.2) is 21.5 Å². The Morgan fingerprint density at radius 1 is 1.50 bits per heavy atom. The molecule has 0 saturated heterocycles. The fourth-order valence-corrected chi connectivity index (χ4v) is 1.95. The van der Waals surface area contributed by atoms with E-state index in [1.165, 1.54) is 0 Å². The molecule has 0 aliphatic carbocycles. The molecule has 3 N–H and O–H groups in total. The maximum atomic E-state index is 8.47. The van der Waals surface area contributed by atoms with Crippen LogP contribution in [0.2, 0.25) is 0 Å². The van der Waals surface area contributed by atoms with E-state index < -0.39 is 0 Å². The largest absolute Gasteiger partial charge is 0.409 e. The lowest BCUT2D eigenvalue weighted by Gasteiger charge is -2.16. The summed E-state index contributed by atoms with van der Waals surface area (Å²) < 4.78 is 0. The first-order chi connectivity index (χ1) is 5.65. The Morgan fingerprint density at radius 3 is 2.42 bits per heavy atom. The lowest BCUT2D eigenvalue weighted by Crippen LogP contribution is -2.27. The molecule has 0 aliphatic heterocycles. The second-order valence-corrected chi connectivity index (χ2v) is 4.42. The van der Waals surface area contributed by atoms with Crippen LogP contribution in [0.3, 0.4) is 0 Å². The smallest absolute Gasteiger partial charge is 0.152 e. The third kappa shape index (κ3) is 3.85. The van der Waals surface area contributed by atoms with Crippen molar-refractivity contribution >= 4 is 17.6 Å². The van der Waals surface area contributed by atoms with Crippen LogP contribution in [-0.2, 0) is 0 Å². The Morgan fingerprint density at radius 2 is 2.08 bits per heavy atom. The monoisotopic (exact) mass is 190 g/mol. The molecule has 0 heterocycles. The first kappa shape index (κ1) is 11.6. The molecule has 0 rings (SSSR count). The number of amidine groups is 1. The van der Waals surface area contributed by atoms with E-state index in [9.17, 15) is 0 Å². The summed E-state index contributed by atoms with van der Waals surface area (Å²) in [6, 6.07) is 0. The van der Waals surface area contributed by atoms with Gasteiger partial charge in [-0.15, -0.1) is 11.8 Å². The molecule has 0 aromatic rings. The normalized spacial score (nSPS) is 17.4. The van der Waals surface area contributed by atoms with Crippen molar-refractivity contribution in [3.05, 3.63) is 0 Å². The maximum absolute atomic E-state index is 8.47. The molecule has 12 heavy (non-hydrogen) atoms. The molecule has 0 radical (unpaired) electrons. The van der Waals surface area contributed by atoms with Crippen molar-refractivity contribution in [1.29, 1.82) is 0 Å². The van der Waals surface area contributed by atoms with Crippen LogP contribution < -0.4 is 5.73 Å². The van der Waals surface area contributed by atoms with Crippen molar-refractivity contribution in [2.45, 2.75) is 44.1 Å². The van der Waals surface area contributed by atoms with Crippen LogP contribution >= 0.6 is 11.8 Å². The van der Waals surface area contributed by atoms with Crippen LogP contribution in [0.15, 0.2) is 5.16 Å². The first-order valence-electron chi connectivity index (χ1n) is 4.28. The average molecular weight is 190 g/mol. The van der Waals surface area contributed by atoms with Crippen molar-refractivity contribution < 1.29 is 5.21 Å². The Hall–Kier alpha value is -0.380. The highest BCUT2D eigenvalue weighted by molar-refractivity contribution is 8.01. The Bertz CT molecular complexity index is 150. The van der Waals surface area contributed by atoms with E-state index in [1.54, 1.807) is 11.8 Å². The topological polar surface area (TPSA) is 58.6 Å². The van der Waals surface area contributed by atoms with E-state index in [0.29, 0.717) is 11.1 Å². The molecule has 2 atom stereocenters. The highest BCUT2D eigenvalue weighted by Gasteiger charge is 2.14. The molecule has 3 nitrogen and oxygen atoms in total. The number of hydrogen-bond donors (Lipinski definition) is 2. The molecular weight excluding hydrogens is 172 g/mol. The number of nitrogens with zero attached hydrogens (tertiary/aromatic N) is 1. The van der Waals surface area contributed by atoms with Gasteiger partial charge in [0.2, 0.25) is 0 Å². The number of nitrogens with two attached hydrogens (primary N) is 1. The van der Waals surface area contributed by atoms with E-state index in [0.717, 1.165) is 12.8 Å². The Labute approximate surface area is 78.4 Å². The van der Waals surface area contributed by atoms with Gasteiger partial charge in [-0.1, -0.05) is 25.9 Å². The summed E-state index contributed by atoms with van der Waals surface area (Å²) in [5.41, 5.74) is 5.51. The second kappa shape index (κ2) is 6.17. The van der Waals surface area contributed by atoms with Crippen LogP contribution in [0.5, 0.6) is 0 Å². The minimum atomic E-state index is 0.157. The van der Waals surface area contributed by atoms with Crippen molar-refractivity contribution in [2.24, 2.45) is 10.9 Å². The number of rotatable bonds is 5. The fourth-order valence-electron chi connectivity index (χ4n) is 0.816. The third-order valence-electron chi connectivity index (χ3n) is 1.79. The fraction of sp³-hybridized carbons (Fsp3) is 0.875. The number of thioether (sulfide) groups is 1. The maximum Gasteiger partial charge on any atom is 0.152 e. The van der Waals surface area contributed by atoms with Gasteiger partial charge in [0.25, 0.3) is 0 Å². The van der Waals surface area contributed by atoms with Gasteiger partial charge in [-0.2, -0.15) is 0 Å². The van der Waals surface area contributed by atoms with Gasteiger partial charge in [0.1, 0.15) is 0 Å². The predicted molar refractivity (Wildman–Crippen MR) is 54.8 cm³/mol. The summed E-state index contributed by atoms with van der Waals surface area (Å²) in [5, 5.41) is 12.2. The molecule has 0 spiro atoms. The van der Waals surface area contributed by atoms with E-state index in [2.05, 4.69) is 19.0 Å². The van der Waals surface area contributed by atoms with Crippen LogP contribution in [0.25, 0.3) is 0 Å². The van der Waals surface area contributed by atoms with Crippen LogP contribution in [0.4, 0.5) is 0 Å². The van der Waals surface area contributed by atoms with Crippen molar-refractivity contribution in [3.8, 4) is 0 Å². The summed E-state index contributed by atoms with van der Waals surface area (Å²) >= 11 is 1.76. The van der Waals surface area contributed by atoms with E-state index >= 15 is 0 Å². The Balaban J connectivity index is 3.99. The molecule has 0 aromatic heterocycles. The van der Waals surface area contributed by atoms with E-state index in [1.807, 2.05) is 6.92 Å². The molecule has 0 saturated carbocycles. The lowest BCUT2D eigenvalue weighted by atomic mass is 10.3.